The molecule has 5 N–H and O–H groups in total. The van der Waals surface area contributed by atoms with Crippen LogP contribution in [0.1, 0.15) is 18.4 Å². The molecular weight excluding hydrogens is 411 g/mol. The quantitative estimate of drug-likeness (QED) is 0.550. The van der Waals surface area contributed by atoms with Crippen LogP contribution in [-0.4, -0.2) is 53.4 Å². The molecule has 0 spiro atoms. The highest BCUT2D eigenvalue weighted by atomic mass is 19.4. The average Bonchev–Trinajstić information content (AvgIpc) is 3.14. The van der Waals surface area contributed by atoms with Gasteiger partial charge in [0.2, 0.25) is 0 Å². The zero-order valence-corrected chi connectivity index (χ0v) is 17.2. The van der Waals surface area contributed by atoms with Crippen molar-refractivity contribution in [3.63, 3.8) is 0 Å². The van der Waals surface area contributed by atoms with Crippen molar-refractivity contribution in [2.24, 2.45) is 5.92 Å². The molecule has 0 bridgehead atoms. The maximum absolute atomic E-state index is 12.6. The second-order valence-corrected chi connectivity index (χ2v) is 7.70. The summed E-state index contributed by atoms with van der Waals surface area (Å²) in [6.07, 6.45) is -4.76. The number of carbonyl (C=O) groups is 1. The van der Waals surface area contributed by atoms with Crippen LogP contribution in [0.3, 0.4) is 0 Å². The zero-order chi connectivity index (χ0) is 22.6. The number of aliphatic hydroxyl groups excluding tert-OH is 1. The first-order valence-electron chi connectivity index (χ1n) is 10.0. The van der Waals surface area contributed by atoms with Crippen LogP contribution in [0, 0.1) is 12.8 Å². The molecular formula is C21H26F3N5O2. The molecule has 3 rings (SSSR count). The van der Waals surface area contributed by atoms with E-state index < -0.39 is 24.5 Å². The highest BCUT2D eigenvalue weighted by Gasteiger charge is 2.36. The molecule has 1 aromatic heterocycles. The highest BCUT2D eigenvalue weighted by molar-refractivity contribution is 5.90. The molecule has 1 atom stereocenters. The van der Waals surface area contributed by atoms with Crippen molar-refractivity contribution in [2.75, 3.05) is 42.6 Å². The van der Waals surface area contributed by atoms with Crippen LogP contribution in [-0.2, 0) is 0 Å². The van der Waals surface area contributed by atoms with Crippen molar-refractivity contribution < 1.29 is 23.1 Å². The number of urea groups is 1. The maximum Gasteiger partial charge on any atom is 0.389 e. The van der Waals surface area contributed by atoms with Crippen molar-refractivity contribution in [1.29, 1.82) is 0 Å². The van der Waals surface area contributed by atoms with Crippen LogP contribution in [0.2, 0.25) is 0 Å². The van der Waals surface area contributed by atoms with Gasteiger partial charge in [-0.25, -0.2) is 9.78 Å². The number of likely N-dealkylation sites (tertiary alicyclic amines) is 1. The van der Waals surface area contributed by atoms with Crippen molar-refractivity contribution in [3.8, 4) is 11.1 Å². The number of halogens is 3. The fraction of sp³-hybridized carbons (Fsp3) is 0.429. The summed E-state index contributed by atoms with van der Waals surface area (Å²) in [6, 6.07) is 8.47. The third kappa shape index (κ3) is 6.24. The monoisotopic (exact) mass is 437 g/mol. The van der Waals surface area contributed by atoms with E-state index >= 15 is 0 Å². The normalized spacial score (nSPS) is 16.4. The fourth-order valence-corrected chi connectivity index (χ4v) is 3.71. The SMILES string of the molecule is Cc1ccc(NC(=O)N2CC[C@@H](CC(F)(F)F)C2)cc1-c1cc(N)nc(NCCO)c1. The highest BCUT2D eigenvalue weighted by Crippen LogP contribution is 2.32. The zero-order valence-electron chi connectivity index (χ0n) is 17.2. The Hall–Kier alpha value is -3.01. The predicted molar refractivity (Wildman–Crippen MR) is 114 cm³/mol. The number of pyridine rings is 1. The van der Waals surface area contributed by atoms with E-state index in [0.29, 0.717) is 36.8 Å². The van der Waals surface area contributed by atoms with Crippen LogP contribution in [0.25, 0.3) is 11.1 Å². The molecule has 1 saturated heterocycles. The van der Waals surface area contributed by atoms with Crippen LogP contribution in [0.15, 0.2) is 30.3 Å². The Kier molecular flexibility index (Phi) is 6.89. The summed E-state index contributed by atoms with van der Waals surface area (Å²) in [4.78, 5) is 18.2. The van der Waals surface area contributed by atoms with E-state index in [-0.39, 0.29) is 13.2 Å². The summed E-state index contributed by atoms with van der Waals surface area (Å²) in [5.74, 6) is 0.258. The number of hydrogen-bond donors (Lipinski definition) is 4. The van der Waals surface area contributed by atoms with Crippen molar-refractivity contribution in [1.82, 2.24) is 9.88 Å². The molecule has 1 aliphatic heterocycles. The van der Waals surface area contributed by atoms with E-state index in [9.17, 15) is 18.0 Å². The van der Waals surface area contributed by atoms with E-state index in [1.165, 1.54) is 4.90 Å². The number of carbonyl (C=O) groups excluding carboxylic acids is 1. The number of nitrogens with zero attached hydrogens (tertiary/aromatic N) is 2. The average molecular weight is 437 g/mol. The number of aromatic nitrogens is 1. The molecule has 1 aromatic carbocycles. The molecule has 0 saturated carbocycles. The van der Waals surface area contributed by atoms with Crippen molar-refractivity contribution in [3.05, 3.63) is 35.9 Å². The Labute approximate surface area is 178 Å². The number of nitrogen functional groups attached to an aromatic ring is 1. The molecule has 168 valence electrons. The summed E-state index contributed by atoms with van der Waals surface area (Å²) in [7, 11) is 0. The minimum atomic E-state index is -4.22. The van der Waals surface area contributed by atoms with Gasteiger partial charge in [0, 0.05) is 31.7 Å². The number of nitrogens with two attached hydrogens (primary N) is 1. The van der Waals surface area contributed by atoms with Gasteiger partial charge >= 0.3 is 12.2 Å². The van der Waals surface area contributed by atoms with Crippen molar-refractivity contribution >= 4 is 23.4 Å². The third-order valence-electron chi connectivity index (χ3n) is 5.16. The Morgan fingerprint density at radius 3 is 2.81 bits per heavy atom. The van der Waals surface area contributed by atoms with E-state index in [2.05, 4.69) is 15.6 Å². The minimum Gasteiger partial charge on any atom is -0.395 e. The summed E-state index contributed by atoms with van der Waals surface area (Å²) in [6.45, 7) is 2.58. The number of hydrogen-bond acceptors (Lipinski definition) is 5. The van der Waals surface area contributed by atoms with E-state index in [1.54, 1.807) is 24.3 Å². The molecule has 0 aliphatic carbocycles. The fourth-order valence-electron chi connectivity index (χ4n) is 3.71. The molecule has 2 heterocycles. The number of nitrogens with one attached hydrogen (secondary N) is 2. The smallest absolute Gasteiger partial charge is 0.389 e. The predicted octanol–water partition coefficient (Wildman–Crippen LogP) is 3.85. The van der Waals surface area contributed by atoms with Gasteiger partial charge in [-0.1, -0.05) is 6.07 Å². The Bertz CT molecular complexity index is 936. The number of anilines is 3. The van der Waals surface area contributed by atoms with E-state index in [4.69, 9.17) is 10.8 Å². The maximum atomic E-state index is 12.6. The van der Waals surface area contributed by atoms with Gasteiger partial charge in [-0.3, -0.25) is 0 Å². The number of alkyl halides is 3. The lowest BCUT2D eigenvalue weighted by Gasteiger charge is -2.19. The van der Waals surface area contributed by atoms with Gasteiger partial charge in [-0.2, -0.15) is 13.2 Å². The van der Waals surface area contributed by atoms with E-state index in [0.717, 1.165) is 16.7 Å². The molecule has 2 amide bonds. The standard InChI is InChI=1S/C21H26F3N5O2/c1-13-2-3-16(27-20(31)29-6-4-14(12-29)11-21(22,23)24)10-17(13)15-8-18(25)28-19(9-15)26-5-7-30/h2-3,8-10,14,30H,4-7,11-12H2,1H3,(H,27,31)(H3,25,26,28)/t14-/m0/s1. The lowest BCUT2D eigenvalue weighted by molar-refractivity contribution is -0.143. The number of rotatable bonds is 6. The molecule has 0 unspecified atom stereocenters. The number of aliphatic hydroxyl groups is 1. The van der Waals surface area contributed by atoms with E-state index in [1.807, 2.05) is 13.0 Å². The van der Waals surface area contributed by atoms with Crippen molar-refractivity contribution in [2.45, 2.75) is 25.9 Å². The van der Waals surface area contributed by atoms with Gasteiger partial charge in [0.05, 0.1) is 6.61 Å². The first-order chi connectivity index (χ1) is 14.6. The summed E-state index contributed by atoms with van der Waals surface area (Å²) in [5, 5.41) is 14.7. The first kappa shape index (κ1) is 22.7. The van der Waals surface area contributed by atoms with Gasteiger partial charge in [0.1, 0.15) is 11.6 Å². The topological polar surface area (TPSA) is 104 Å². The largest absolute Gasteiger partial charge is 0.395 e. The lowest BCUT2D eigenvalue weighted by atomic mass is 10.0. The molecule has 2 aromatic rings. The second kappa shape index (κ2) is 9.42. The number of amides is 2. The minimum absolute atomic E-state index is 0.0489. The molecule has 1 fully saturated rings. The molecule has 1 aliphatic rings. The molecule has 0 radical (unpaired) electrons. The molecule has 10 heteroatoms. The number of aryl methyl sites for hydroxylation is 1. The Morgan fingerprint density at radius 1 is 1.32 bits per heavy atom. The van der Waals surface area contributed by atoms with Gasteiger partial charge < -0.3 is 26.4 Å². The van der Waals surface area contributed by atoms with Crippen LogP contribution >= 0.6 is 0 Å². The summed E-state index contributed by atoms with van der Waals surface area (Å²) in [5.41, 5.74) is 9.00. The lowest BCUT2D eigenvalue weighted by Crippen LogP contribution is -2.33. The van der Waals surface area contributed by atoms with Crippen LogP contribution in [0.4, 0.5) is 35.3 Å². The Morgan fingerprint density at radius 2 is 2.10 bits per heavy atom. The molecule has 7 nitrogen and oxygen atoms in total. The van der Waals surface area contributed by atoms with Crippen LogP contribution < -0.4 is 16.4 Å². The Balaban J connectivity index is 1.73. The second-order valence-electron chi connectivity index (χ2n) is 7.70. The summed E-state index contributed by atoms with van der Waals surface area (Å²) < 4.78 is 37.8. The first-order valence-corrected chi connectivity index (χ1v) is 10.0. The summed E-state index contributed by atoms with van der Waals surface area (Å²) >= 11 is 0. The number of benzene rings is 1. The molecule has 31 heavy (non-hydrogen) atoms. The van der Waals surface area contributed by atoms with Crippen LogP contribution in [0.5, 0.6) is 0 Å². The van der Waals surface area contributed by atoms with Gasteiger partial charge in [0.25, 0.3) is 0 Å². The van der Waals surface area contributed by atoms with Gasteiger partial charge in [-0.15, -0.1) is 0 Å². The van der Waals surface area contributed by atoms with Gasteiger partial charge in [0.15, 0.2) is 0 Å². The third-order valence-corrected chi connectivity index (χ3v) is 5.16. The van der Waals surface area contributed by atoms with Gasteiger partial charge in [-0.05, 0) is 60.2 Å².